The molecule has 1 aliphatic rings. The fraction of sp³-hybridized carbons (Fsp3) is 0.462. The first-order valence-corrected chi connectivity index (χ1v) is 7.83. The Morgan fingerprint density at radius 2 is 2.11 bits per heavy atom. The van der Waals surface area contributed by atoms with Crippen molar-refractivity contribution in [1.82, 2.24) is 10.2 Å². The van der Waals surface area contributed by atoms with Gasteiger partial charge in [0.25, 0.3) is 5.91 Å². The van der Waals surface area contributed by atoms with Crippen molar-refractivity contribution < 1.29 is 4.79 Å². The number of anilines is 1. The molecule has 1 saturated heterocycles. The van der Waals surface area contributed by atoms with Crippen molar-refractivity contribution in [3.63, 3.8) is 0 Å². The Hall–Kier alpha value is -0.910. The second-order valence-corrected chi connectivity index (χ2v) is 6.14. The lowest BCUT2D eigenvalue weighted by molar-refractivity contribution is 0.0949. The largest absolute Gasteiger partial charge is 0.399 e. The number of nitrogens with zero attached hydrogens (tertiary/aromatic N) is 1. The number of hydrogen-bond acceptors (Lipinski definition) is 4. The van der Waals surface area contributed by atoms with E-state index < -0.39 is 0 Å². The molecule has 1 heterocycles. The van der Waals surface area contributed by atoms with E-state index >= 15 is 0 Å². The van der Waals surface area contributed by atoms with Gasteiger partial charge in [-0.1, -0.05) is 11.6 Å². The number of nitrogen functional groups attached to an aromatic ring is 1. The molecule has 0 spiro atoms. The van der Waals surface area contributed by atoms with Crippen molar-refractivity contribution in [2.24, 2.45) is 0 Å². The van der Waals surface area contributed by atoms with E-state index in [-0.39, 0.29) is 5.91 Å². The molecule has 0 unspecified atom stereocenters. The molecule has 2 rings (SSSR count). The van der Waals surface area contributed by atoms with Crippen LogP contribution in [0, 0.1) is 0 Å². The third kappa shape index (κ3) is 4.60. The van der Waals surface area contributed by atoms with Crippen molar-refractivity contribution in [3.05, 3.63) is 28.8 Å². The molecule has 1 fully saturated rings. The molecule has 0 aromatic heterocycles. The first kappa shape index (κ1) is 14.5. The highest BCUT2D eigenvalue weighted by atomic mass is 35.5. The van der Waals surface area contributed by atoms with Gasteiger partial charge in [-0.15, -0.1) is 0 Å². The molecule has 1 aromatic rings. The van der Waals surface area contributed by atoms with Crippen LogP contribution in [0.2, 0.25) is 5.02 Å². The van der Waals surface area contributed by atoms with Crippen LogP contribution in [0.4, 0.5) is 5.69 Å². The van der Waals surface area contributed by atoms with Gasteiger partial charge in [-0.05, 0) is 18.2 Å². The van der Waals surface area contributed by atoms with Gasteiger partial charge in [0, 0.05) is 54.0 Å². The molecular weight excluding hydrogens is 282 g/mol. The minimum Gasteiger partial charge on any atom is -0.399 e. The monoisotopic (exact) mass is 299 g/mol. The Kier molecular flexibility index (Phi) is 5.36. The van der Waals surface area contributed by atoms with Gasteiger partial charge in [0.15, 0.2) is 0 Å². The molecule has 0 bridgehead atoms. The molecule has 0 aliphatic carbocycles. The molecule has 3 N–H and O–H groups in total. The summed E-state index contributed by atoms with van der Waals surface area (Å²) in [6.07, 6.45) is 0. The van der Waals surface area contributed by atoms with Gasteiger partial charge < -0.3 is 11.1 Å². The van der Waals surface area contributed by atoms with Crippen molar-refractivity contribution in [1.29, 1.82) is 0 Å². The smallest absolute Gasteiger partial charge is 0.251 e. The van der Waals surface area contributed by atoms with Gasteiger partial charge in [0.2, 0.25) is 0 Å². The third-order valence-corrected chi connectivity index (χ3v) is 4.16. The maximum Gasteiger partial charge on any atom is 0.251 e. The molecule has 0 saturated carbocycles. The minimum absolute atomic E-state index is 0.124. The summed E-state index contributed by atoms with van der Waals surface area (Å²) in [5, 5.41) is 3.38. The number of carbonyl (C=O) groups is 1. The van der Waals surface area contributed by atoms with Gasteiger partial charge in [-0.3, -0.25) is 9.69 Å². The standard InChI is InChI=1S/C13H18ClN3OS/c14-11-7-10(8-12(15)9-11)13(18)16-1-2-17-3-5-19-6-4-17/h7-9H,1-6,15H2,(H,16,18). The highest BCUT2D eigenvalue weighted by Crippen LogP contribution is 2.16. The Labute approximate surface area is 122 Å². The van der Waals surface area contributed by atoms with E-state index in [2.05, 4.69) is 10.2 Å². The normalized spacial score (nSPS) is 16.3. The summed E-state index contributed by atoms with van der Waals surface area (Å²) in [6.45, 7) is 3.74. The van der Waals surface area contributed by atoms with E-state index in [1.165, 1.54) is 11.5 Å². The van der Waals surface area contributed by atoms with Crippen LogP contribution >= 0.6 is 23.4 Å². The number of halogens is 1. The highest BCUT2D eigenvalue weighted by molar-refractivity contribution is 7.99. The van der Waals surface area contributed by atoms with Crippen LogP contribution in [0.3, 0.4) is 0 Å². The zero-order valence-corrected chi connectivity index (χ0v) is 12.3. The Morgan fingerprint density at radius 1 is 1.37 bits per heavy atom. The van der Waals surface area contributed by atoms with E-state index in [0.29, 0.717) is 22.8 Å². The van der Waals surface area contributed by atoms with Gasteiger partial charge in [0.05, 0.1) is 0 Å². The van der Waals surface area contributed by atoms with Crippen LogP contribution in [-0.4, -0.2) is 48.5 Å². The van der Waals surface area contributed by atoms with Crippen molar-refractivity contribution in [2.75, 3.05) is 43.4 Å². The molecule has 6 heteroatoms. The van der Waals surface area contributed by atoms with Crippen LogP contribution < -0.4 is 11.1 Å². The first-order chi connectivity index (χ1) is 9.15. The number of benzene rings is 1. The topological polar surface area (TPSA) is 58.4 Å². The Balaban J connectivity index is 1.80. The molecule has 1 aliphatic heterocycles. The average Bonchev–Trinajstić information content (AvgIpc) is 2.38. The molecule has 0 radical (unpaired) electrons. The zero-order chi connectivity index (χ0) is 13.7. The van der Waals surface area contributed by atoms with E-state index in [0.717, 1.165) is 19.6 Å². The summed E-state index contributed by atoms with van der Waals surface area (Å²) in [5.41, 5.74) is 6.69. The van der Waals surface area contributed by atoms with Crippen LogP contribution in [-0.2, 0) is 0 Å². The van der Waals surface area contributed by atoms with E-state index in [1.807, 2.05) is 11.8 Å². The summed E-state index contributed by atoms with van der Waals surface area (Å²) < 4.78 is 0. The molecule has 19 heavy (non-hydrogen) atoms. The average molecular weight is 300 g/mol. The molecule has 1 amide bonds. The number of thioether (sulfide) groups is 1. The number of carbonyl (C=O) groups excluding carboxylic acids is 1. The summed E-state index contributed by atoms with van der Waals surface area (Å²) in [6, 6.07) is 4.90. The number of nitrogens with one attached hydrogen (secondary N) is 1. The lowest BCUT2D eigenvalue weighted by atomic mass is 10.2. The number of hydrogen-bond donors (Lipinski definition) is 2. The molecule has 1 aromatic carbocycles. The predicted octanol–water partition coefficient (Wildman–Crippen LogP) is 1.70. The fourth-order valence-corrected chi connectivity index (χ4v) is 3.22. The Bertz CT molecular complexity index is 429. The maximum atomic E-state index is 11.9. The minimum atomic E-state index is -0.124. The van der Waals surface area contributed by atoms with Crippen molar-refractivity contribution >= 4 is 35.0 Å². The van der Waals surface area contributed by atoms with Crippen LogP contribution in [0.1, 0.15) is 10.4 Å². The lowest BCUT2D eigenvalue weighted by Gasteiger charge is -2.26. The van der Waals surface area contributed by atoms with E-state index in [4.69, 9.17) is 17.3 Å². The fourth-order valence-electron chi connectivity index (χ4n) is 2.00. The maximum absolute atomic E-state index is 11.9. The second-order valence-electron chi connectivity index (χ2n) is 4.48. The van der Waals surface area contributed by atoms with E-state index in [1.54, 1.807) is 18.2 Å². The summed E-state index contributed by atoms with van der Waals surface area (Å²) in [7, 11) is 0. The number of amides is 1. The van der Waals surface area contributed by atoms with Gasteiger partial charge in [-0.2, -0.15) is 11.8 Å². The van der Waals surface area contributed by atoms with Crippen molar-refractivity contribution in [2.45, 2.75) is 0 Å². The first-order valence-electron chi connectivity index (χ1n) is 6.29. The van der Waals surface area contributed by atoms with Crippen LogP contribution in [0.25, 0.3) is 0 Å². The van der Waals surface area contributed by atoms with Gasteiger partial charge in [0.1, 0.15) is 0 Å². The lowest BCUT2D eigenvalue weighted by Crippen LogP contribution is -2.39. The predicted molar refractivity (Wildman–Crippen MR) is 82.0 cm³/mol. The SMILES string of the molecule is Nc1cc(Cl)cc(C(=O)NCCN2CCSCC2)c1. The van der Waals surface area contributed by atoms with Gasteiger partial charge >= 0.3 is 0 Å². The van der Waals surface area contributed by atoms with E-state index in [9.17, 15) is 4.79 Å². The van der Waals surface area contributed by atoms with Crippen LogP contribution in [0.15, 0.2) is 18.2 Å². The van der Waals surface area contributed by atoms with Gasteiger partial charge in [-0.25, -0.2) is 0 Å². The quantitative estimate of drug-likeness (QED) is 0.831. The second kappa shape index (κ2) is 7.03. The van der Waals surface area contributed by atoms with Crippen molar-refractivity contribution in [3.8, 4) is 0 Å². The molecule has 104 valence electrons. The zero-order valence-electron chi connectivity index (χ0n) is 10.7. The molecule has 0 atom stereocenters. The molecular formula is C13H18ClN3OS. The third-order valence-electron chi connectivity index (χ3n) is 3.00. The number of rotatable bonds is 4. The van der Waals surface area contributed by atoms with Crippen LogP contribution in [0.5, 0.6) is 0 Å². The molecule has 4 nitrogen and oxygen atoms in total. The Morgan fingerprint density at radius 3 is 2.79 bits per heavy atom. The summed E-state index contributed by atoms with van der Waals surface area (Å²) >= 11 is 7.86. The highest BCUT2D eigenvalue weighted by Gasteiger charge is 2.11. The number of nitrogens with two attached hydrogens (primary N) is 1. The summed E-state index contributed by atoms with van der Waals surface area (Å²) in [4.78, 5) is 14.3. The summed E-state index contributed by atoms with van der Waals surface area (Å²) in [5.74, 6) is 2.23.